The van der Waals surface area contributed by atoms with Gasteiger partial charge in [0.05, 0.1) is 12.3 Å². The van der Waals surface area contributed by atoms with E-state index in [9.17, 15) is 0 Å². The van der Waals surface area contributed by atoms with Crippen LogP contribution in [-0.4, -0.2) is 11.6 Å². The molecule has 0 saturated carbocycles. The molecule has 1 saturated heterocycles. The van der Waals surface area contributed by atoms with Gasteiger partial charge in [0.25, 0.3) is 0 Å². The predicted octanol–water partition coefficient (Wildman–Crippen LogP) is 2.68. The molecule has 1 fully saturated rings. The Morgan fingerprint density at radius 2 is 2.27 bits per heavy atom. The van der Waals surface area contributed by atoms with Crippen LogP contribution in [0.25, 0.3) is 0 Å². The molecule has 1 aromatic rings. The molecule has 4 heteroatoms. The number of rotatable bonds is 1. The van der Waals surface area contributed by atoms with Gasteiger partial charge < -0.3 is 4.74 Å². The van der Waals surface area contributed by atoms with Gasteiger partial charge in [-0.3, -0.25) is 4.98 Å². The smallest absolute Gasteiger partial charge is 0.124 e. The minimum Gasteiger partial charge on any atom is -0.366 e. The van der Waals surface area contributed by atoms with Gasteiger partial charge in [-0.2, -0.15) is 0 Å². The molecule has 0 amide bonds. The highest BCUT2D eigenvalue weighted by Crippen LogP contribution is 2.34. The lowest BCUT2D eigenvalue weighted by atomic mass is 10.3. The van der Waals surface area contributed by atoms with E-state index in [0.29, 0.717) is 0 Å². The summed E-state index contributed by atoms with van der Waals surface area (Å²) in [5.41, 5.74) is 0.994. The minimum absolute atomic E-state index is 0.220. The van der Waals surface area contributed by atoms with E-state index in [4.69, 9.17) is 4.74 Å². The molecule has 11 heavy (non-hydrogen) atoms. The van der Waals surface area contributed by atoms with Crippen LogP contribution in [0.5, 0.6) is 0 Å². The number of epoxide rings is 1. The molecule has 0 unspecified atom stereocenters. The van der Waals surface area contributed by atoms with Crippen LogP contribution < -0.4 is 0 Å². The fourth-order valence-electron chi connectivity index (χ4n) is 0.868. The van der Waals surface area contributed by atoms with Crippen molar-refractivity contribution in [3.05, 3.63) is 26.9 Å². The van der Waals surface area contributed by atoms with E-state index in [1.54, 1.807) is 6.20 Å². The molecule has 0 aromatic carbocycles. The third kappa shape index (κ3) is 1.63. The number of halogens is 2. The van der Waals surface area contributed by atoms with E-state index in [1.165, 1.54) is 0 Å². The van der Waals surface area contributed by atoms with Crippen LogP contribution in [0.15, 0.2) is 21.2 Å². The fourth-order valence-corrected chi connectivity index (χ4v) is 2.11. The lowest BCUT2D eigenvalue weighted by molar-refractivity contribution is 0.410. The van der Waals surface area contributed by atoms with Crippen molar-refractivity contribution in [3.8, 4) is 0 Å². The van der Waals surface area contributed by atoms with Crippen molar-refractivity contribution in [1.82, 2.24) is 4.98 Å². The zero-order chi connectivity index (χ0) is 7.84. The van der Waals surface area contributed by atoms with E-state index in [0.717, 1.165) is 21.2 Å². The van der Waals surface area contributed by atoms with Gasteiger partial charge in [-0.05, 0) is 37.9 Å². The Kier molecular flexibility index (Phi) is 1.99. The van der Waals surface area contributed by atoms with Crippen LogP contribution >= 0.6 is 31.9 Å². The minimum atomic E-state index is 0.220. The molecule has 58 valence electrons. The Labute approximate surface area is 81.2 Å². The summed E-state index contributed by atoms with van der Waals surface area (Å²) in [7, 11) is 0. The van der Waals surface area contributed by atoms with Gasteiger partial charge in [0.15, 0.2) is 0 Å². The van der Waals surface area contributed by atoms with Gasteiger partial charge in [-0.25, -0.2) is 0 Å². The Hall–Kier alpha value is 0.0700. The van der Waals surface area contributed by atoms with Crippen molar-refractivity contribution in [2.24, 2.45) is 0 Å². The van der Waals surface area contributed by atoms with Crippen LogP contribution in [0.1, 0.15) is 11.8 Å². The Morgan fingerprint density at radius 1 is 1.55 bits per heavy atom. The molecule has 1 atom stereocenters. The second kappa shape index (κ2) is 2.84. The van der Waals surface area contributed by atoms with E-state index >= 15 is 0 Å². The fraction of sp³-hybridized carbons (Fsp3) is 0.286. The predicted molar refractivity (Wildman–Crippen MR) is 48.3 cm³/mol. The molecule has 1 aromatic heterocycles. The quantitative estimate of drug-likeness (QED) is 0.738. The maximum absolute atomic E-state index is 5.11. The molecule has 2 rings (SSSR count). The highest BCUT2D eigenvalue weighted by Gasteiger charge is 2.28. The zero-order valence-corrected chi connectivity index (χ0v) is 8.72. The molecular formula is C7H5Br2NO. The monoisotopic (exact) mass is 277 g/mol. The molecule has 0 spiro atoms. The normalized spacial score (nSPS) is 21.8. The SMILES string of the molecule is Brc1cnc([C@H]2CO2)c(Br)c1. The number of ether oxygens (including phenoxy) is 1. The average Bonchev–Trinajstić information content (AvgIpc) is 2.70. The molecule has 0 bridgehead atoms. The third-order valence-corrected chi connectivity index (χ3v) is 2.54. The Morgan fingerprint density at radius 3 is 2.82 bits per heavy atom. The van der Waals surface area contributed by atoms with Crippen molar-refractivity contribution in [1.29, 1.82) is 0 Å². The van der Waals surface area contributed by atoms with Crippen molar-refractivity contribution in [3.63, 3.8) is 0 Å². The van der Waals surface area contributed by atoms with Crippen LogP contribution in [-0.2, 0) is 4.74 Å². The molecule has 0 aliphatic carbocycles. The van der Waals surface area contributed by atoms with E-state index in [2.05, 4.69) is 36.8 Å². The van der Waals surface area contributed by atoms with Gasteiger partial charge >= 0.3 is 0 Å². The lowest BCUT2D eigenvalue weighted by Crippen LogP contribution is -1.87. The molecule has 0 radical (unpaired) electrons. The third-order valence-electron chi connectivity index (χ3n) is 1.47. The van der Waals surface area contributed by atoms with Gasteiger partial charge in [-0.1, -0.05) is 0 Å². The highest BCUT2D eigenvalue weighted by molar-refractivity contribution is 9.11. The molecule has 2 heterocycles. The number of aromatic nitrogens is 1. The lowest BCUT2D eigenvalue weighted by Gasteiger charge is -1.98. The average molecular weight is 279 g/mol. The van der Waals surface area contributed by atoms with Crippen LogP contribution in [0.4, 0.5) is 0 Å². The summed E-state index contributed by atoms with van der Waals surface area (Å²) in [6, 6.07) is 1.98. The topological polar surface area (TPSA) is 25.4 Å². The first kappa shape index (κ1) is 7.71. The largest absolute Gasteiger partial charge is 0.366 e. The van der Waals surface area contributed by atoms with Crippen LogP contribution in [0.3, 0.4) is 0 Å². The number of hydrogen-bond donors (Lipinski definition) is 0. The second-order valence-corrected chi connectivity index (χ2v) is 4.11. The van der Waals surface area contributed by atoms with Gasteiger partial charge in [0.1, 0.15) is 6.10 Å². The van der Waals surface area contributed by atoms with Crippen molar-refractivity contribution >= 4 is 31.9 Å². The zero-order valence-electron chi connectivity index (χ0n) is 5.55. The van der Waals surface area contributed by atoms with Crippen molar-refractivity contribution in [2.45, 2.75) is 6.10 Å². The second-order valence-electron chi connectivity index (χ2n) is 2.34. The van der Waals surface area contributed by atoms with E-state index in [1.807, 2.05) is 6.07 Å². The van der Waals surface area contributed by atoms with E-state index < -0.39 is 0 Å². The first-order valence-corrected chi connectivity index (χ1v) is 4.78. The number of nitrogens with zero attached hydrogens (tertiary/aromatic N) is 1. The molecule has 1 aliphatic rings. The molecule has 1 aliphatic heterocycles. The first-order valence-electron chi connectivity index (χ1n) is 3.20. The summed E-state index contributed by atoms with van der Waals surface area (Å²) in [6.07, 6.45) is 2.00. The standard InChI is InChI=1S/C7H5Br2NO/c8-4-1-5(9)7(10-2-4)6-3-11-6/h1-2,6H,3H2/t6-/m1/s1. The summed E-state index contributed by atoms with van der Waals surface area (Å²) < 4.78 is 7.10. The summed E-state index contributed by atoms with van der Waals surface area (Å²) in [5, 5.41) is 0. The van der Waals surface area contributed by atoms with Crippen molar-refractivity contribution in [2.75, 3.05) is 6.61 Å². The first-order chi connectivity index (χ1) is 5.27. The molecular weight excluding hydrogens is 274 g/mol. The maximum Gasteiger partial charge on any atom is 0.124 e. The number of hydrogen-bond acceptors (Lipinski definition) is 2. The summed E-state index contributed by atoms with van der Waals surface area (Å²) in [4.78, 5) is 4.22. The Balaban J connectivity index is 2.39. The van der Waals surface area contributed by atoms with Gasteiger partial charge in [0, 0.05) is 15.1 Å². The highest BCUT2D eigenvalue weighted by atomic mass is 79.9. The van der Waals surface area contributed by atoms with Gasteiger partial charge in [0.2, 0.25) is 0 Å². The van der Waals surface area contributed by atoms with E-state index in [-0.39, 0.29) is 6.10 Å². The number of pyridine rings is 1. The molecule has 2 nitrogen and oxygen atoms in total. The Bertz CT molecular complexity index is 286. The van der Waals surface area contributed by atoms with Crippen LogP contribution in [0, 0.1) is 0 Å². The molecule has 0 N–H and O–H groups in total. The van der Waals surface area contributed by atoms with Crippen molar-refractivity contribution < 1.29 is 4.74 Å². The summed E-state index contributed by atoms with van der Waals surface area (Å²) in [5.74, 6) is 0. The van der Waals surface area contributed by atoms with Crippen LogP contribution in [0.2, 0.25) is 0 Å². The summed E-state index contributed by atoms with van der Waals surface area (Å²) >= 11 is 6.75. The maximum atomic E-state index is 5.11. The van der Waals surface area contributed by atoms with Gasteiger partial charge in [-0.15, -0.1) is 0 Å². The summed E-state index contributed by atoms with van der Waals surface area (Å²) in [6.45, 7) is 0.799.